The molecule has 0 unspecified atom stereocenters. The summed E-state index contributed by atoms with van der Waals surface area (Å²) in [6, 6.07) is 64.4. The van der Waals surface area contributed by atoms with Crippen molar-refractivity contribution in [2.75, 3.05) is 0 Å². The van der Waals surface area contributed by atoms with Crippen molar-refractivity contribution in [3.8, 4) is 44.5 Å². The van der Waals surface area contributed by atoms with E-state index < -0.39 is 0 Å². The van der Waals surface area contributed by atoms with Gasteiger partial charge >= 0.3 is 0 Å². The number of benzene rings is 12. The van der Waals surface area contributed by atoms with Gasteiger partial charge in [0.1, 0.15) is 0 Å². The molecule has 0 heterocycles. The fourth-order valence-electron chi connectivity index (χ4n) is 10.2. The summed E-state index contributed by atoms with van der Waals surface area (Å²) in [4.78, 5) is 0. The van der Waals surface area contributed by atoms with Gasteiger partial charge in [-0.2, -0.15) is 0 Å². The van der Waals surface area contributed by atoms with E-state index in [2.05, 4.69) is 170 Å². The van der Waals surface area contributed by atoms with Crippen molar-refractivity contribution >= 4 is 86.2 Å². The summed E-state index contributed by atoms with van der Waals surface area (Å²) in [6.07, 6.45) is 0. The highest BCUT2D eigenvalue weighted by Crippen LogP contribution is 2.59. The molecule has 0 aromatic heterocycles. The van der Waals surface area contributed by atoms with Gasteiger partial charge < -0.3 is 0 Å². The molecule has 0 radical (unpaired) electrons. The van der Waals surface area contributed by atoms with E-state index in [4.69, 9.17) is 0 Å². The van der Waals surface area contributed by atoms with E-state index in [9.17, 15) is 0 Å². The highest BCUT2D eigenvalue weighted by atomic mass is 14.3. The van der Waals surface area contributed by atoms with Gasteiger partial charge in [-0.25, -0.2) is 0 Å². The predicted molar refractivity (Wildman–Crippen MR) is 224 cm³/mol. The molecule has 0 aliphatic heterocycles. The van der Waals surface area contributed by atoms with Gasteiger partial charge in [0.15, 0.2) is 0 Å². The van der Waals surface area contributed by atoms with E-state index in [1.807, 2.05) is 0 Å². The lowest BCUT2D eigenvalue weighted by Gasteiger charge is -2.23. The van der Waals surface area contributed by atoms with E-state index in [0.29, 0.717) is 0 Å². The molecule has 0 amide bonds. The van der Waals surface area contributed by atoms with Crippen LogP contribution in [0.3, 0.4) is 0 Å². The van der Waals surface area contributed by atoms with Gasteiger partial charge in [0, 0.05) is 0 Å². The minimum Gasteiger partial charge on any atom is -0.0616 e. The first-order valence-corrected chi connectivity index (χ1v) is 18.3. The smallest absolute Gasteiger partial charge is 0.000719 e. The first-order valence-electron chi connectivity index (χ1n) is 18.3. The summed E-state index contributed by atoms with van der Waals surface area (Å²) in [5.74, 6) is 0. The molecule has 0 bridgehead atoms. The van der Waals surface area contributed by atoms with Crippen molar-refractivity contribution in [3.63, 3.8) is 0 Å². The fraction of sp³-hybridized carbons (Fsp3) is 0. The van der Waals surface area contributed by atoms with E-state index in [1.54, 1.807) is 0 Å². The average molecular weight is 653 g/mol. The van der Waals surface area contributed by atoms with Crippen molar-refractivity contribution in [3.05, 3.63) is 170 Å². The maximum atomic E-state index is 2.48. The van der Waals surface area contributed by atoms with E-state index >= 15 is 0 Å². The summed E-state index contributed by atoms with van der Waals surface area (Å²) in [5, 5.41) is 21.0. The summed E-state index contributed by atoms with van der Waals surface area (Å²) in [5.41, 5.74) is 10.6. The third-order valence-corrected chi connectivity index (χ3v) is 12.2. The molecular weight excluding hydrogens is 625 g/mol. The Morgan fingerprint density at radius 2 is 0.596 bits per heavy atom. The summed E-state index contributed by atoms with van der Waals surface area (Å²) in [7, 11) is 0. The molecule has 0 nitrogen and oxygen atoms in total. The standard InChI is InChI=1S/C52H28/c1-2-16-37-36(15-1)49(40-27-25-34-23-21-30-8-3-9-32-24-26-39(40)48(34)44(30)32)51-41-18-6-11-29-12-7-19-42(46(29)41)52(51)50(37)43-28-35-14-4-10-31-20-22-33-13-5-17-38(43)47(33)45(31)35/h1-28H. The second-order valence-electron chi connectivity index (χ2n) is 14.7. The lowest BCUT2D eigenvalue weighted by Crippen LogP contribution is -1.96. The van der Waals surface area contributed by atoms with Crippen molar-refractivity contribution in [2.45, 2.75) is 0 Å². The van der Waals surface area contributed by atoms with Crippen LogP contribution in [0.25, 0.3) is 131 Å². The van der Waals surface area contributed by atoms with Crippen molar-refractivity contribution in [1.29, 1.82) is 0 Å². The van der Waals surface area contributed by atoms with Crippen LogP contribution in [0, 0.1) is 0 Å². The summed E-state index contributed by atoms with van der Waals surface area (Å²) >= 11 is 0. The van der Waals surface area contributed by atoms with Crippen LogP contribution < -0.4 is 0 Å². The molecule has 0 heteroatoms. The molecule has 0 spiro atoms. The molecule has 0 N–H and O–H groups in total. The molecule has 236 valence electrons. The van der Waals surface area contributed by atoms with E-state index in [1.165, 1.54) is 131 Å². The van der Waals surface area contributed by atoms with Crippen LogP contribution in [0.2, 0.25) is 0 Å². The molecular formula is C52H28. The van der Waals surface area contributed by atoms with Crippen LogP contribution in [0.5, 0.6) is 0 Å². The number of hydrogen-bond donors (Lipinski definition) is 0. The topological polar surface area (TPSA) is 0 Å². The van der Waals surface area contributed by atoms with Gasteiger partial charge in [0.2, 0.25) is 0 Å². The van der Waals surface area contributed by atoms with Crippen LogP contribution in [0.4, 0.5) is 0 Å². The number of rotatable bonds is 2. The van der Waals surface area contributed by atoms with E-state index in [0.717, 1.165) is 0 Å². The summed E-state index contributed by atoms with van der Waals surface area (Å²) in [6.45, 7) is 0. The van der Waals surface area contributed by atoms with Gasteiger partial charge in [-0.1, -0.05) is 164 Å². The first kappa shape index (κ1) is 27.0. The second kappa shape index (κ2) is 9.51. The van der Waals surface area contributed by atoms with Crippen LogP contribution in [0.15, 0.2) is 170 Å². The molecule has 12 aromatic rings. The second-order valence-corrected chi connectivity index (χ2v) is 14.7. The first-order chi connectivity index (χ1) is 25.8. The molecule has 0 fully saturated rings. The van der Waals surface area contributed by atoms with Gasteiger partial charge in [-0.3, -0.25) is 0 Å². The van der Waals surface area contributed by atoms with Crippen LogP contribution in [-0.4, -0.2) is 0 Å². The van der Waals surface area contributed by atoms with E-state index in [-0.39, 0.29) is 0 Å². The molecule has 0 saturated carbocycles. The molecule has 1 aliphatic rings. The SMILES string of the molecule is c1cc2c3c(cccc3c1)-c1c-2c(-c2ccc3ccc4cccc5ccc2c3c45)c2ccccc2c1-c1cc2cccc3ccc4cccc1c4c32. The fourth-order valence-corrected chi connectivity index (χ4v) is 10.2. The highest BCUT2D eigenvalue weighted by molar-refractivity contribution is 6.34. The Balaban J connectivity index is 1.27. The Bertz CT molecular complexity index is 3490. The van der Waals surface area contributed by atoms with Gasteiger partial charge in [-0.15, -0.1) is 0 Å². The number of fused-ring (bicyclic) bond motifs is 4. The third-order valence-electron chi connectivity index (χ3n) is 12.2. The molecule has 12 aromatic carbocycles. The zero-order valence-electron chi connectivity index (χ0n) is 28.2. The Morgan fingerprint density at radius 1 is 0.192 bits per heavy atom. The lowest BCUT2D eigenvalue weighted by atomic mass is 9.79. The maximum Gasteiger partial charge on any atom is -0.000719 e. The van der Waals surface area contributed by atoms with Gasteiger partial charge in [0.05, 0.1) is 0 Å². The minimum absolute atomic E-state index is 1.29. The monoisotopic (exact) mass is 652 g/mol. The third kappa shape index (κ3) is 3.24. The van der Waals surface area contributed by atoms with Crippen LogP contribution >= 0.6 is 0 Å². The minimum atomic E-state index is 1.29. The Kier molecular flexibility index (Phi) is 4.94. The zero-order chi connectivity index (χ0) is 33.7. The number of hydrogen-bond acceptors (Lipinski definition) is 0. The zero-order valence-corrected chi connectivity index (χ0v) is 28.2. The van der Waals surface area contributed by atoms with Crippen molar-refractivity contribution < 1.29 is 0 Å². The van der Waals surface area contributed by atoms with Gasteiger partial charge in [-0.05, 0) is 137 Å². The lowest BCUT2D eigenvalue weighted by molar-refractivity contribution is 1.67. The van der Waals surface area contributed by atoms with Gasteiger partial charge in [0.25, 0.3) is 0 Å². The normalized spacial score (nSPS) is 12.6. The molecule has 0 saturated heterocycles. The summed E-state index contributed by atoms with van der Waals surface area (Å²) < 4.78 is 0. The highest BCUT2D eigenvalue weighted by Gasteiger charge is 2.32. The molecule has 52 heavy (non-hydrogen) atoms. The Hall–Kier alpha value is -6.76. The molecule has 1 aliphatic carbocycles. The van der Waals surface area contributed by atoms with Crippen LogP contribution in [0.1, 0.15) is 0 Å². The van der Waals surface area contributed by atoms with Crippen molar-refractivity contribution in [2.24, 2.45) is 0 Å². The quantitative estimate of drug-likeness (QED) is 0.163. The molecule has 0 atom stereocenters. The maximum absolute atomic E-state index is 2.48. The Morgan fingerprint density at radius 3 is 1.23 bits per heavy atom. The van der Waals surface area contributed by atoms with Crippen molar-refractivity contribution in [1.82, 2.24) is 0 Å². The molecule has 13 rings (SSSR count). The Labute approximate surface area is 299 Å². The average Bonchev–Trinajstić information content (AvgIpc) is 3.53. The largest absolute Gasteiger partial charge is 0.0616 e. The predicted octanol–water partition coefficient (Wildman–Crippen LogP) is 14.8. The van der Waals surface area contributed by atoms with Crippen LogP contribution in [-0.2, 0) is 0 Å².